The van der Waals surface area contributed by atoms with E-state index in [-0.39, 0.29) is 27.6 Å². The minimum Gasteiger partial charge on any atom is -0.317 e. The number of pyridine rings is 1. The fourth-order valence-corrected chi connectivity index (χ4v) is 3.33. The maximum Gasteiger partial charge on any atom is 0.273 e. The molecular weight excluding hydrogens is 332 g/mol. The van der Waals surface area contributed by atoms with Crippen LogP contribution in [0.15, 0.2) is 15.3 Å². The van der Waals surface area contributed by atoms with E-state index in [0.717, 1.165) is 0 Å². The summed E-state index contributed by atoms with van der Waals surface area (Å²) in [6.07, 6.45) is 0. The van der Waals surface area contributed by atoms with E-state index in [1.165, 1.54) is 10.6 Å². The average molecular weight is 348 g/mol. The van der Waals surface area contributed by atoms with E-state index in [1.54, 1.807) is 11.9 Å². The zero-order chi connectivity index (χ0) is 14.7. The number of halogens is 2. The Morgan fingerprint density at radius 3 is 2.32 bits per heavy atom. The van der Waals surface area contributed by atoms with Gasteiger partial charge in [-0.15, -0.1) is 0 Å². The van der Waals surface area contributed by atoms with E-state index in [9.17, 15) is 9.59 Å². The van der Waals surface area contributed by atoms with Crippen LogP contribution in [0.5, 0.6) is 0 Å². The average Bonchev–Trinajstić information content (AvgIpc) is 2.48. The first-order valence-corrected chi connectivity index (χ1v) is 7.10. The van der Waals surface area contributed by atoms with Gasteiger partial charge in [-0.3, -0.25) is 14.2 Å². The Balaban J connectivity index is 2.96. The zero-order valence-electron chi connectivity index (χ0n) is 11.5. The summed E-state index contributed by atoms with van der Waals surface area (Å²) in [6.45, 7) is 7.86. The number of carbonyl (C=O) groups is 1. The molecule has 0 radical (unpaired) electrons. The minimum absolute atomic E-state index is 0.230. The number of nitrogens with zero attached hydrogens (tertiary/aromatic N) is 2. The SMILES string of the molecule is CN1C(=O)c2c(Cl)cc(Br)c(=O)n2C1(C)C(C)(C)C. The lowest BCUT2D eigenvalue weighted by atomic mass is 9.81. The van der Waals surface area contributed by atoms with Crippen LogP contribution < -0.4 is 5.56 Å². The van der Waals surface area contributed by atoms with Gasteiger partial charge >= 0.3 is 0 Å². The Bertz CT molecular complexity index is 633. The fourth-order valence-electron chi connectivity index (χ4n) is 2.51. The monoisotopic (exact) mass is 346 g/mol. The first-order valence-electron chi connectivity index (χ1n) is 5.93. The van der Waals surface area contributed by atoms with Crippen LogP contribution in [0, 0.1) is 5.41 Å². The van der Waals surface area contributed by atoms with Crippen LogP contribution >= 0.6 is 27.5 Å². The number of hydrogen-bond donors (Lipinski definition) is 0. The van der Waals surface area contributed by atoms with Crippen molar-refractivity contribution in [2.24, 2.45) is 5.41 Å². The van der Waals surface area contributed by atoms with Crippen LogP contribution in [-0.4, -0.2) is 22.4 Å². The van der Waals surface area contributed by atoms with Gasteiger partial charge in [-0.2, -0.15) is 0 Å². The quantitative estimate of drug-likeness (QED) is 0.724. The van der Waals surface area contributed by atoms with E-state index in [0.29, 0.717) is 4.47 Å². The lowest BCUT2D eigenvalue weighted by Gasteiger charge is -2.44. The van der Waals surface area contributed by atoms with Crippen LogP contribution in [0.3, 0.4) is 0 Å². The molecule has 2 rings (SSSR count). The number of rotatable bonds is 0. The normalized spacial score (nSPS) is 22.9. The highest BCUT2D eigenvalue weighted by Gasteiger charge is 2.53. The molecule has 6 heteroatoms. The van der Waals surface area contributed by atoms with Crippen molar-refractivity contribution in [3.63, 3.8) is 0 Å². The molecule has 1 aromatic rings. The molecule has 0 bridgehead atoms. The van der Waals surface area contributed by atoms with E-state index in [1.807, 2.05) is 27.7 Å². The first kappa shape index (κ1) is 14.6. The van der Waals surface area contributed by atoms with Crippen molar-refractivity contribution in [2.75, 3.05) is 7.05 Å². The van der Waals surface area contributed by atoms with E-state index in [2.05, 4.69) is 15.9 Å². The van der Waals surface area contributed by atoms with Gasteiger partial charge in [-0.1, -0.05) is 32.4 Å². The highest BCUT2D eigenvalue weighted by atomic mass is 79.9. The van der Waals surface area contributed by atoms with Gasteiger partial charge in [0.15, 0.2) is 0 Å². The van der Waals surface area contributed by atoms with Crippen molar-refractivity contribution in [1.29, 1.82) is 0 Å². The van der Waals surface area contributed by atoms with Crippen molar-refractivity contribution in [2.45, 2.75) is 33.4 Å². The lowest BCUT2D eigenvalue weighted by molar-refractivity contribution is -0.00983. The molecule has 104 valence electrons. The van der Waals surface area contributed by atoms with Gasteiger partial charge in [0.05, 0.1) is 9.50 Å². The second-order valence-electron chi connectivity index (χ2n) is 5.96. The molecule has 0 spiro atoms. The number of carbonyl (C=O) groups excluding carboxylic acids is 1. The molecular formula is C13H16BrClN2O2. The van der Waals surface area contributed by atoms with Gasteiger partial charge in [0.1, 0.15) is 11.4 Å². The highest BCUT2D eigenvalue weighted by molar-refractivity contribution is 9.10. The molecule has 0 saturated carbocycles. The van der Waals surface area contributed by atoms with Crippen LogP contribution in [0.1, 0.15) is 38.2 Å². The Morgan fingerprint density at radius 1 is 1.32 bits per heavy atom. The molecule has 1 amide bonds. The second-order valence-corrected chi connectivity index (χ2v) is 7.23. The van der Waals surface area contributed by atoms with Gasteiger partial charge in [0.25, 0.3) is 11.5 Å². The third-order valence-corrected chi connectivity index (χ3v) is 4.98. The molecule has 4 nitrogen and oxygen atoms in total. The molecule has 0 aliphatic carbocycles. The van der Waals surface area contributed by atoms with Gasteiger partial charge in [0, 0.05) is 12.5 Å². The number of aromatic nitrogens is 1. The third kappa shape index (κ3) is 1.71. The fraction of sp³-hybridized carbons (Fsp3) is 0.538. The molecule has 0 aromatic carbocycles. The predicted molar refractivity (Wildman–Crippen MR) is 78.6 cm³/mol. The Labute approximate surface area is 125 Å². The van der Waals surface area contributed by atoms with Crippen molar-refractivity contribution in [3.05, 3.63) is 31.6 Å². The maximum absolute atomic E-state index is 12.4. The predicted octanol–water partition coefficient (Wildman–Crippen LogP) is 3.07. The van der Waals surface area contributed by atoms with E-state index >= 15 is 0 Å². The van der Waals surface area contributed by atoms with Crippen molar-refractivity contribution >= 4 is 33.4 Å². The minimum atomic E-state index is -0.760. The van der Waals surface area contributed by atoms with Crippen molar-refractivity contribution in [3.8, 4) is 0 Å². The Kier molecular flexibility index (Phi) is 3.14. The molecule has 1 unspecified atom stereocenters. The summed E-state index contributed by atoms with van der Waals surface area (Å²) in [5.41, 5.74) is -1.06. The van der Waals surface area contributed by atoms with Crippen LogP contribution in [0.2, 0.25) is 5.02 Å². The summed E-state index contributed by atoms with van der Waals surface area (Å²) >= 11 is 9.36. The van der Waals surface area contributed by atoms with Gasteiger partial charge in [-0.25, -0.2) is 0 Å². The van der Waals surface area contributed by atoms with Crippen LogP contribution in [-0.2, 0) is 5.66 Å². The molecule has 1 aliphatic rings. The standard InChI is InChI=1S/C13H16BrClN2O2/c1-12(2,3)13(4)16(5)11(19)9-8(15)6-7(14)10(18)17(9)13/h6H,1-5H3. The van der Waals surface area contributed by atoms with Crippen LogP contribution in [0.4, 0.5) is 0 Å². The number of hydrogen-bond acceptors (Lipinski definition) is 2. The van der Waals surface area contributed by atoms with Gasteiger partial charge in [-0.05, 0) is 28.9 Å². The second kappa shape index (κ2) is 4.09. The number of amides is 1. The summed E-state index contributed by atoms with van der Waals surface area (Å²) in [6, 6.07) is 1.48. The smallest absolute Gasteiger partial charge is 0.273 e. The van der Waals surface area contributed by atoms with E-state index < -0.39 is 5.66 Å². The molecule has 1 aromatic heterocycles. The third-order valence-electron chi connectivity index (χ3n) is 4.13. The summed E-state index contributed by atoms with van der Waals surface area (Å²) in [7, 11) is 1.70. The number of fused-ring (bicyclic) bond motifs is 1. The highest BCUT2D eigenvalue weighted by Crippen LogP contribution is 2.45. The summed E-state index contributed by atoms with van der Waals surface area (Å²) < 4.78 is 1.86. The Hall–Kier alpha value is -0.810. The molecule has 0 saturated heterocycles. The van der Waals surface area contributed by atoms with Gasteiger partial charge < -0.3 is 4.90 Å². The summed E-state index contributed by atoms with van der Waals surface area (Å²) in [5, 5.41) is 0.288. The molecule has 0 fully saturated rings. The summed E-state index contributed by atoms with van der Waals surface area (Å²) in [5.74, 6) is -0.230. The van der Waals surface area contributed by atoms with Crippen molar-refractivity contribution < 1.29 is 4.79 Å². The molecule has 1 aliphatic heterocycles. The molecule has 1 atom stereocenters. The molecule has 19 heavy (non-hydrogen) atoms. The maximum atomic E-state index is 12.4. The van der Waals surface area contributed by atoms with Crippen molar-refractivity contribution in [1.82, 2.24) is 9.47 Å². The largest absolute Gasteiger partial charge is 0.317 e. The molecule has 0 N–H and O–H groups in total. The lowest BCUT2D eigenvalue weighted by Crippen LogP contribution is -2.54. The van der Waals surface area contributed by atoms with E-state index in [4.69, 9.17) is 11.6 Å². The zero-order valence-corrected chi connectivity index (χ0v) is 13.9. The Morgan fingerprint density at radius 2 is 1.84 bits per heavy atom. The topological polar surface area (TPSA) is 42.3 Å². The summed E-state index contributed by atoms with van der Waals surface area (Å²) in [4.78, 5) is 26.4. The van der Waals surface area contributed by atoms with Crippen LogP contribution in [0.25, 0.3) is 0 Å². The molecule has 2 heterocycles. The first-order chi connectivity index (χ1) is 8.53. The van der Waals surface area contributed by atoms with Gasteiger partial charge in [0.2, 0.25) is 0 Å².